The van der Waals surface area contributed by atoms with Crippen molar-refractivity contribution in [3.05, 3.63) is 65.0 Å². The van der Waals surface area contributed by atoms with E-state index < -0.39 is 5.82 Å². The highest BCUT2D eigenvalue weighted by Gasteiger charge is 2.13. The van der Waals surface area contributed by atoms with Crippen LogP contribution in [0.25, 0.3) is 0 Å². The summed E-state index contributed by atoms with van der Waals surface area (Å²) in [4.78, 5) is 0. The van der Waals surface area contributed by atoms with Crippen LogP contribution in [0.3, 0.4) is 0 Å². The number of rotatable bonds is 3. The van der Waals surface area contributed by atoms with Gasteiger partial charge in [0.25, 0.3) is 0 Å². The Hall–Kier alpha value is -1.54. The predicted molar refractivity (Wildman–Crippen MR) is 71.8 cm³/mol. The molecule has 0 bridgehead atoms. The van der Waals surface area contributed by atoms with Crippen molar-refractivity contribution in [2.24, 2.45) is 0 Å². The molecule has 2 aromatic carbocycles. The van der Waals surface area contributed by atoms with E-state index in [2.05, 4.69) is 0 Å². The molecule has 0 saturated heterocycles. The van der Waals surface area contributed by atoms with Gasteiger partial charge in [-0.3, -0.25) is 0 Å². The summed E-state index contributed by atoms with van der Waals surface area (Å²) in [7, 11) is 1.44. The highest BCUT2D eigenvalue weighted by molar-refractivity contribution is 6.22. The molecule has 2 rings (SSSR count). The summed E-state index contributed by atoms with van der Waals surface area (Å²) in [6, 6.07) is 12.7. The molecule has 1 atom stereocenters. The smallest absolute Gasteiger partial charge is 0.165 e. The van der Waals surface area contributed by atoms with Gasteiger partial charge < -0.3 is 4.74 Å². The molecule has 94 valence electrons. The number of hydrogen-bond donors (Lipinski definition) is 0. The molecule has 0 fully saturated rings. The molecule has 0 radical (unpaired) electrons. The predicted octanol–water partition coefficient (Wildman–Crippen LogP) is 4.47. The summed E-state index contributed by atoms with van der Waals surface area (Å²) in [5.74, 6) is -0.167. The van der Waals surface area contributed by atoms with Gasteiger partial charge in [0, 0.05) is 0 Å². The fourth-order valence-electron chi connectivity index (χ4n) is 1.77. The molecule has 0 N–H and O–H groups in total. The Labute approximate surface area is 111 Å². The summed E-state index contributed by atoms with van der Waals surface area (Å²) in [6.45, 7) is 2.01. The normalized spacial score (nSPS) is 12.2. The van der Waals surface area contributed by atoms with Crippen molar-refractivity contribution in [1.82, 2.24) is 0 Å². The molecule has 0 amide bonds. The number of halogens is 2. The van der Waals surface area contributed by atoms with Crippen molar-refractivity contribution in [2.45, 2.75) is 12.3 Å². The van der Waals surface area contributed by atoms with Gasteiger partial charge in [-0.05, 0) is 30.2 Å². The van der Waals surface area contributed by atoms with Crippen LogP contribution in [0, 0.1) is 12.7 Å². The average Bonchev–Trinajstić information content (AvgIpc) is 2.38. The molecule has 2 aromatic rings. The quantitative estimate of drug-likeness (QED) is 0.743. The second-order valence-corrected chi connectivity index (χ2v) is 4.60. The fraction of sp³-hybridized carbons (Fsp3) is 0.200. The topological polar surface area (TPSA) is 9.23 Å². The zero-order chi connectivity index (χ0) is 13.1. The van der Waals surface area contributed by atoms with Gasteiger partial charge in [0.15, 0.2) is 11.6 Å². The van der Waals surface area contributed by atoms with Crippen molar-refractivity contribution in [3.63, 3.8) is 0 Å². The van der Waals surface area contributed by atoms with Gasteiger partial charge in [-0.15, -0.1) is 11.6 Å². The van der Waals surface area contributed by atoms with E-state index in [1.807, 2.05) is 31.2 Å². The van der Waals surface area contributed by atoms with Crippen LogP contribution in [0.1, 0.15) is 22.1 Å². The molecule has 0 spiro atoms. The summed E-state index contributed by atoms with van der Waals surface area (Å²) in [5, 5.41) is -0.356. The van der Waals surface area contributed by atoms with Gasteiger partial charge in [0.05, 0.1) is 12.5 Å². The average molecular weight is 265 g/mol. The van der Waals surface area contributed by atoms with E-state index >= 15 is 0 Å². The van der Waals surface area contributed by atoms with Crippen LogP contribution in [0.15, 0.2) is 42.5 Å². The Morgan fingerprint density at radius 2 is 1.67 bits per heavy atom. The zero-order valence-electron chi connectivity index (χ0n) is 10.3. The summed E-state index contributed by atoms with van der Waals surface area (Å²) in [6.07, 6.45) is 0. The first-order valence-corrected chi connectivity index (χ1v) is 6.09. The molecule has 0 aliphatic rings. The summed E-state index contributed by atoms with van der Waals surface area (Å²) < 4.78 is 18.5. The first-order chi connectivity index (χ1) is 8.61. The van der Waals surface area contributed by atoms with Gasteiger partial charge in [0.2, 0.25) is 0 Å². The molecule has 1 nitrogen and oxygen atoms in total. The molecule has 1 unspecified atom stereocenters. The minimum atomic E-state index is -0.396. The number of ether oxygens (including phenoxy) is 1. The van der Waals surface area contributed by atoms with Crippen LogP contribution in [0.2, 0.25) is 0 Å². The van der Waals surface area contributed by atoms with E-state index in [0.717, 1.165) is 11.1 Å². The molecular formula is C15H14ClFO. The molecule has 0 aliphatic heterocycles. The largest absolute Gasteiger partial charge is 0.494 e. The first kappa shape index (κ1) is 12.9. The highest BCUT2D eigenvalue weighted by atomic mass is 35.5. The summed E-state index contributed by atoms with van der Waals surface area (Å²) in [5.41, 5.74) is 2.84. The van der Waals surface area contributed by atoms with Crippen molar-refractivity contribution in [2.75, 3.05) is 7.11 Å². The highest BCUT2D eigenvalue weighted by Crippen LogP contribution is 2.31. The van der Waals surface area contributed by atoms with Crippen molar-refractivity contribution in [1.29, 1.82) is 0 Å². The van der Waals surface area contributed by atoms with Crippen LogP contribution in [0.4, 0.5) is 4.39 Å². The third kappa shape index (κ3) is 2.65. The SMILES string of the molecule is COc1ccc(C(Cl)c2ccc(C)cc2)cc1F. The van der Waals surface area contributed by atoms with E-state index in [9.17, 15) is 4.39 Å². The number of alkyl halides is 1. The van der Waals surface area contributed by atoms with E-state index in [1.165, 1.54) is 18.7 Å². The maximum Gasteiger partial charge on any atom is 0.165 e. The van der Waals surface area contributed by atoms with Crippen LogP contribution in [-0.2, 0) is 0 Å². The van der Waals surface area contributed by atoms with E-state index in [0.29, 0.717) is 0 Å². The lowest BCUT2D eigenvalue weighted by Crippen LogP contribution is -1.96. The second kappa shape index (κ2) is 5.40. The van der Waals surface area contributed by atoms with Crippen LogP contribution >= 0.6 is 11.6 Å². The lowest BCUT2D eigenvalue weighted by molar-refractivity contribution is 0.386. The van der Waals surface area contributed by atoms with Crippen molar-refractivity contribution >= 4 is 11.6 Å². The van der Waals surface area contributed by atoms with E-state index in [4.69, 9.17) is 16.3 Å². The molecule has 0 saturated carbocycles. The van der Waals surface area contributed by atoms with Gasteiger partial charge in [-0.2, -0.15) is 0 Å². The molecule has 0 heterocycles. The number of hydrogen-bond acceptors (Lipinski definition) is 1. The van der Waals surface area contributed by atoms with Gasteiger partial charge in [-0.1, -0.05) is 35.9 Å². The monoisotopic (exact) mass is 264 g/mol. The Kier molecular flexibility index (Phi) is 3.87. The van der Waals surface area contributed by atoms with Crippen LogP contribution < -0.4 is 4.74 Å². The first-order valence-electron chi connectivity index (χ1n) is 5.66. The Morgan fingerprint density at radius 3 is 2.22 bits per heavy atom. The summed E-state index contributed by atoms with van der Waals surface area (Å²) >= 11 is 6.34. The minimum Gasteiger partial charge on any atom is -0.494 e. The molecule has 0 aromatic heterocycles. The molecule has 0 aliphatic carbocycles. The Bertz CT molecular complexity index is 537. The third-order valence-electron chi connectivity index (χ3n) is 2.84. The maximum absolute atomic E-state index is 13.6. The third-order valence-corrected chi connectivity index (χ3v) is 3.34. The standard InChI is InChI=1S/C15H14ClFO/c1-10-3-5-11(6-4-10)15(16)12-7-8-14(18-2)13(17)9-12/h3-9,15H,1-2H3. The molecule has 3 heteroatoms. The minimum absolute atomic E-state index is 0.228. The fourth-order valence-corrected chi connectivity index (χ4v) is 2.05. The number of aryl methyl sites for hydroxylation is 1. The van der Waals surface area contributed by atoms with Gasteiger partial charge in [-0.25, -0.2) is 4.39 Å². The molecule has 18 heavy (non-hydrogen) atoms. The van der Waals surface area contributed by atoms with Crippen molar-refractivity contribution in [3.8, 4) is 5.75 Å². The number of benzene rings is 2. The van der Waals surface area contributed by atoms with E-state index in [-0.39, 0.29) is 11.1 Å². The van der Waals surface area contributed by atoms with Gasteiger partial charge >= 0.3 is 0 Å². The second-order valence-electron chi connectivity index (χ2n) is 4.17. The van der Waals surface area contributed by atoms with Crippen LogP contribution in [0.5, 0.6) is 5.75 Å². The Balaban J connectivity index is 2.31. The van der Waals surface area contributed by atoms with Gasteiger partial charge in [0.1, 0.15) is 0 Å². The Morgan fingerprint density at radius 1 is 1.06 bits per heavy atom. The van der Waals surface area contributed by atoms with E-state index in [1.54, 1.807) is 12.1 Å². The maximum atomic E-state index is 13.6. The number of methoxy groups -OCH3 is 1. The lowest BCUT2D eigenvalue weighted by atomic mass is 10.0. The zero-order valence-corrected chi connectivity index (χ0v) is 11.0. The lowest BCUT2D eigenvalue weighted by Gasteiger charge is -2.12. The van der Waals surface area contributed by atoms with Crippen LogP contribution in [-0.4, -0.2) is 7.11 Å². The van der Waals surface area contributed by atoms with Crippen molar-refractivity contribution < 1.29 is 9.13 Å². The molecular weight excluding hydrogens is 251 g/mol.